The fourth-order valence-electron chi connectivity index (χ4n) is 7.08. The van der Waals surface area contributed by atoms with E-state index in [1.54, 1.807) is 41.5 Å². The number of aryl methyl sites for hydroxylation is 6. The van der Waals surface area contributed by atoms with Crippen LogP contribution in [0, 0.1) is 41.5 Å². The number of benzene rings is 6. The number of nitrogens with zero attached hydrogens (tertiary/aromatic N) is 4. The molecule has 0 N–H and O–H groups in total. The van der Waals surface area contributed by atoms with Crippen LogP contribution in [0.3, 0.4) is 0 Å². The molecule has 0 atom stereocenters. The molecule has 70 heavy (non-hydrogen) atoms. The molecule has 6 rings (SSSR count). The Morgan fingerprint density at radius 2 is 0.357 bits per heavy atom. The van der Waals surface area contributed by atoms with Gasteiger partial charge in [-0.25, -0.2) is 50.5 Å². The first-order valence-corrected chi connectivity index (χ1v) is 30.3. The summed E-state index contributed by atoms with van der Waals surface area (Å²) in [6.45, 7) is 5.65. The zero-order valence-electron chi connectivity index (χ0n) is 39.2. The fourth-order valence-corrected chi connectivity index (χ4v) is 18.0. The van der Waals surface area contributed by atoms with Gasteiger partial charge in [-0.1, -0.05) is 117 Å². The van der Waals surface area contributed by atoms with Crippen LogP contribution >= 0.6 is 0 Å². The molecule has 0 radical (unpaired) electrons. The molecular weight excluding hydrogens is 1020 g/mol. The van der Waals surface area contributed by atoms with Gasteiger partial charge in [-0.05, 0) is 114 Å². The van der Waals surface area contributed by atoms with Crippen LogP contribution in [0.4, 0.5) is 0 Å². The van der Waals surface area contributed by atoms with Crippen molar-refractivity contribution in [1.29, 1.82) is 0 Å². The summed E-state index contributed by atoms with van der Waals surface area (Å²) in [5.41, 5.74) is 4.05. The minimum Gasteiger partial charge on any atom is -0.299 e. The van der Waals surface area contributed by atoms with E-state index in [0.717, 1.165) is 0 Å². The van der Waals surface area contributed by atoms with Gasteiger partial charge < -0.3 is 0 Å². The van der Waals surface area contributed by atoms with E-state index in [1.807, 2.05) is 0 Å². The fraction of sp³-hybridized carbons (Fsp3) is 0.250. The van der Waals surface area contributed by atoms with Crippen molar-refractivity contribution in [3.8, 4) is 0 Å². The lowest BCUT2D eigenvalue weighted by molar-refractivity contribution is 0.254. The van der Waals surface area contributed by atoms with Crippen LogP contribution in [0.25, 0.3) is 0 Å². The van der Waals surface area contributed by atoms with Gasteiger partial charge in [-0.2, -0.15) is 0 Å². The van der Waals surface area contributed by atoms with Crippen LogP contribution < -0.4 is 0 Å². The van der Waals surface area contributed by atoms with Crippen molar-refractivity contribution in [1.82, 2.24) is 16.0 Å². The Balaban J connectivity index is 1.49. The molecule has 0 saturated heterocycles. The summed E-state index contributed by atoms with van der Waals surface area (Å²) in [6.07, 6.45) is 0. The zero-order valence-corrected chi connectivity index (χ0v) is 44.1. The van der Waals surface area contributed by atoms with Gasteiger partial charge in [-0.3, -0.25) is 4.90 Å². The van der Waals surface area contributed by atoms with E-state index >= 15 is 0 Å². The van der Waals surface area contributed by atoms with Gasteiger partial charge in [0.25, 0.3) is 60.1 Å². The molecule has 0 spiro atoms. The molecule has 0 heterocycles. The number of hydrogen-bond acceptors (Lipinski definition) is 13. The average molecular weight is 1070 g/mol. The second-order valence-electron chi connectivity index (χ2n) is 16.7. The van der Waals surface area contributed by atoms with E-state index < -0.39 is 99.4 Å². The summed E-state index contributed by atoms with van der Waals surface area (Å²) in [5, 5.41) is 0. The van der Waals surface area contributed by atoms with Crippen LogP contribution in [0.15, 0.2) is 175 Å². The largest absolute Gasteiger partial charge is 0.299 e. The molecule has 0 aliphatic heterocycles. The van der Waals surface area contributed by atoms with Crippen molar-refractivity contribution in [3.63, 3.8) is 0 Å². The SMILES string of the molecule is Cc1ccc(S(=O)(=O)N(CCN(CCN(S(=O)(=O)c2ccc(C)cc2)S(=O)(=O)c2ccc(C)cc2)CCN(S(=O)(=O)c2ccc(C)cc2)S(=O)(=O)c2ccc(C)cc2)S(=O)(=O)c2ccc(C)cc2)cc1. The average Bonchev–Trinajstić information content (AvgIpc) is 3.29. The zero-order chi connectivity index (χ0) is 51.5. The van der Waals surface area contributed by atoms with Gasteiger partial charge in [-0.15, -0.1) is 0 Å². The summed E-state index contributed by atoms with van der Waals surface area (Å²) in [7, 11) is -29.6. The van der Waals surface area contributed by atoms with Crippen LogP contribution in [0.2, 0.25) is 0 Å². The molecule has 0 unspecified atom stereocenters. The van der Waals surface area contributed by atoms with Crippen molar-refractivity contribution >= 4 is 60.1 Å². The maximum Gasteiger partial charge on any atom is 0.256 e. The van der Waals surface area contributed by atoms with Gasteiger partial charge in [0.2, 0.25) is 0 Å². The third-order valence-electron chi connectivity index (χ3n) is 11.3. The smallest absolute Gasteiger partial charge is 0.256 e. The Labute approximate surface area is 413 Å². The Hall–Kier alpha value is -5.14. The van der Waals surface area contributed by atoms with Crippen molar-refractivity contribution < 1.29 is 50.5 Å². The van der Waals surface area contributed by atoms with Gasteiger partial charge >= 0.3 is 0 Å². The summed E-state index contributed by atoms with van der Waals surface area (Å²) < 4.78 is 175. The van der Waals surface area contributed by atoms with Crippen molar-refractivity contribution in [2.45, 2.75) is 70.9 Å². The monoisotopic (exact) mass is 1070 g/mol. The summed E-state index contributed by atoms with van der Waals surface area (Å²) >= 11 is 0. The Morgan fingerprint density at radius 3 is 0.486 bits per heavy atom. The third kappa shape index (κ3) is 12.0. The standard InChI is InChI=1S/C48H54N4O12S6/c1-37-7-19-43(20-8-37)65(53,54)50(66(55,56)44-21-9-38(2)10-22-44)34-31-49(32-35-51(67(57,58)45-23-11-39(3)12-24-45)68(59,60)46-25-13-40(4)14-26-46)33-36-52(69(61,62)47-27-15-41(5)16-28-47)70(63,64)48-29-17-42(6)18-30-48/h7-30H,31-36H2,1-6H3. The van der Waals surface area contributed by atoms with E-state index in [1.165, 1.54) is 150 Å². The minimum atomic E-state index is -4.93. The summed E-state index contributed by atoms with van der Waals surface area (Å²) in [4.78, 5) is -1.12. The highest BCUT2D eigenvalue weighted by molar-refractivity contribution is 8.05. The second kappa shape index (κ2) is 21.3. The maximum absolute atomic E-state index is 14.5. The first kappa shape index (κ1) is 54.2. The van der Waals surface area contributed by atoms with Crippen LogP contribution in [-0.4, -0.2) is 106 Å². The van der Waals surface area contributed by atoms with E-state index in [-0.39, 0.29) is 40.5 Å². The number of rotatable bonds is 21. The van der Waals surface area contributed by atoms with Gasteiger partial charge in [0.1, 0.15) is 0 Å². The minimum absolute atomic E-state index is 0.260. The highest BCUT2D eigenvalue weighted by Gasteiger charge is 2.41. The lowest BCUT2D eigenvalue weighted by Crippen LogP contribution is -2.48. The quantitative estimate of drug-likeness (QED) is 0.0766. The molecule has 0 saturated carbocycles. The molecule has 16 nitrogen and oxygen atoms in total. The maximum atomic E-state index is 14.5. The lowest BCUT2D eigenvalue weighted by Gasteiger charge is -2.31. The van der Waals surface area contributed by atoms with Crippen LogP contribution in [0.1, 0.15) is 33.4 Å². The Kier molecular flexibility index (Phi) is 16.5. The van der Waals surface area contributed by atoms with Gasteiger partial charge in [0, 0.05) is 39.3 Å². The summed E-state index contributed by atoms with van der Waals surface area (Å²) in [5.74, 6) is 0. The second-order valence-corrected chi connectivity index (χ2v) is 28.6. The number of sulfonamides is 6. The van der Waals surface area contributed by atoms with Crippen molar-refractivity contribution in [2.75, 3.05) is 39.3 Å². The molecule has 0 aliphatic rings. The predicted octanol–water partition coefficient (Wildman–Crippen LogP) is 6.38. The van der Waals surface area contributed by atoms with Crippen molar-refractivity contribution in [2.24, 2.45) is 0 Å². The first-order chi connectivity index (χ1) is 32.7. The van der Waals surface area contributed by atoms with Crippen LogP contribution in [0.5, 0.6) is 0 Å². The molecule has 22 heteroatoms. The third-order valence-corrected chi connectivity index (χ3v) is 24.4. The molecule has 374 valence electrons. The Morgan fingerprint density at radius 1 is 0.229 bits per heavy atom. The molecule has 0 aliphatic carbocycles. The lowest BCUT2D eigenvalue weighted by atomic mass is 10.2. The van der Waals surface area contributed by atoms with E-state index in [0.29, 0.717) is 33.4 Å². The Bertz CT molecular complexity index is 2900. The molecule has 6 aromatic carbocycles. The molecule has 6 aromatic rings. The van der Waals surface area contributed by atoms with Gasteiger partial charge in [0.05, 0.1) is 29.4 Å². The topological polar surface area (TPSA) is 218 Å². The first-order valence-electron chi connectivity index (χ1n) is 21.6. The highest BCUT2D eigenvalue weighted by Crippen LogP contribution is 2.29. The summed E-state index contributed by atoms with van der Waals surface area (Å²) in [6, 6.07) is 32.5. The van der Waals surface area contributed by atoms with E-state index in [9.17, 15) is 50.5 Å². The molecular formula is C48H54N4O12S6. The molecule has 0 bridgehead atoms. The van der Waals surface area contributed by atoms with Crippen LogP contribution in [-0.2, 0) is 60.1 Å². The molecule has 0 fully saturated rings. The predicted molar refractivity (Wildman–Crippen MR) is 267 cm³/mol. The van der Waals surface area contributed by atoms with Crippen molar-refractivity contribution in [3.05, 3.63) is 179 Å². The van der Waals surface area contributed by atoms with Gasteiger partial charge in [0.15, 0.2) is 0 Å². The number of hydrogen-bond donors (Lipinski definition) is 0. The van der Waals surface area contributed by atoms with E-state index in [4.69, 9.17) is 0 Å². The molecule has 0 amide bonds. The normalized spacial score (nSPS) is 13.1. The highest BCUT2D eigenvalue weighted by atomic mass is 32.3. The van der Waals surface area contributed by atoms with E-state index in [2.05, 4.69) is 0 Å². The molecule has 0 aromatic heterocycles.